The Morgan fingerprint density at radius 1 is 1.00 bits per heavy atom. The number of allylic oxidation sites excluding steroid dienone is 3. The Labute approximate surface area is 183 Å². The summed E-state index contributed by atoms with van der Waals surface area (Å²) in [7, 11) is 0. The van der Waals surface area contributed by atoms with Crippen LogP contribution >= 0.6 is 0 Å². The number of ether oxygens (including phenoxy) is 1. The summed E-state index contributed by atoms with van der Waals surface area (Å²) in [6.07, 6.45) is 23.0. The van der Waals surface area contributed by atoms with Gasteiger partial charge in [0.2, 0.25) is 0 Å². The molecule has 2 unspecified atom stereocenters. The molecule has 0 spiro atoms. The molecule has 0 amide bonds. The van der Waals surface area contributed by atoms with Crippen molar-refractivity contribution in [3.8, 4) is 5.75 Å². The summed E-state index contributed by atoms with van der Waals surface area (Å²) in [5.74, 6) is 3.00. The first-order valence-electron chi connectivity index (χ1n) is 12.5. The lowest BCUT2D eigenvalue weighted by Crippen LogP contribution is -2.24. The van der Waals surface area contributed by atoms with Crippen molar-refractivity contribution >= 4 is 0 Å². The van der Waals surface area contributed by atoms with Gasteiger partial charge in [0, 0.05) is 5.92 Å². The zero-order valence-electron chi connectivity index (χ0n) is 19.1. The first kappa shape index (κ1) is 23.1. The zero-order chi connectivity index (χ0) is 21.2. The maximum absolute atomic E-state index is 14.4. The number of benzene rings is 1. The van der Waals surface area contributed by atoms with E-state index >= 15 is 0 Å². The third-order valence-electron chi connectivity index (χ3n) is 7.09. The molecule has 1 aromatic carbocycles. The fourth-order valence-corrected chi connectivity index (χ4v) is 5.12. The highest BCUT2D eigenvalue weighted by molar-refractivity contribution is 5.29. The smallest absolute Gasteiger partial charge is 0.165 e. The monoisotopic (exact) mass is 412 g/mol. The molecule has 0 N–H and O–H groups in total. The molecule has 0 saturated heterocycles. The maximum atomic E-state index is 14.4. The molecule has 1 fully saturated rings. The maximum Gasteiger partial charge on any atom is 0.165 e. The van der Waals surface area contributed by atoms with Crippen molar-refractivity contribution in [2.75, 3.05) is 6.61 Å². The van der Waals surface area contributed by atoms with Crippen LogP contribution in [0.5, 0.6) is 5.75 Å². The number of hydrogen-bond acceptors (Lipinski definition) is 1. The first-order valence-corrected chi connectivity index (χ1v) is 12.5. The normalized spacial score (nSPS) is 26.9. The zero-order valence-corrected chi connectivity index (χ0v) is 19.1. The van der Waals surface area contributed by atoms with Crippen molar-refractivity contribution in [1.82, 2.24) is 0 Å². The van der Waals surface area contributed by atoms with Crippen LogP contribution in [0.25, 0.3) is 0 Å². The third-order valence-corrected chi connectivity index (χ3v) is 7.09. The van der Waals surface area contributed by atoms with Gasteiger partial charge in [0.25, 0.3) is 0 Å². The van der Waals surface area contributed by atoms with E-state index in [2.05, 4.69) is 38.2 Å². The molecular weight excluding hydrogens is 371 g/mol. The molecule has 0 radical (unpaired) electrons. The van der Waals surface area contributed by atoms with Gasteiger partial charge in [-0.15, -0.1) is 0 Å². The van der Waals surface area contributed by atoms with Crippen molar-refractivity contribution in [1.29, 1.82) is 0 Å². The van der Waals surface area contributed by atoms with Crippen LogP contribution in [0.15, 0.2) is 42.5 Å². The lowest BCUT2D eigenvalue weighted by atomic mass is 9.72. The highest BCUT2D eigenvalue weighted by atomic mass is 19.1. The van der Waals surface area contributed by atoms with E-state index in [1.807, 2.05) is 12.1 Å². The third kappa shape index (κ3) is 7.00. The van der Waals surface area contributed by atoms with Crippen LogP contribution in [0.4, 0.5) is 4.39 Å². The van der Waals surface area contributed by atoms with E-state index in [0.717, 1.165) is 49.0 Å². The molecular formula is C28H41FO. The number of hydrogen-bond donors (Lipinski definition) is 0. The molecule has 2 atom stereocenters. The Balaban J connectivity index is 1.41. The van der Waals surface area contributed by atoms with Crippen molar-refractivity contribution in [3.63, 3.8) is 0 Å². The summed E-state index contributed by atoms with van der Waals surface area (Å²) in [6, 6.07) is 5.49. The van der Waals surface area contributed by atoms with E-state index in [1.54, 1.807) is 6.07 Å². The van der Waals surface area contributed by atoms with Gasteiger partial charge in [-0.3, -0.25) is 0 Å². The Hall–Kier alpha value is -1.57. The fourth-order valence-electron chi connectivity index (χ4n) is 5.12. The van der Waals surface area contributed by atoms with Crippen LogP contribution in [0.1, 0.15) is 83.6 Å². The molecule has 30 heavy (non-hydrogen) atoms. The number of rotatable bonds is 10. The van der Waals surface area contributed by atoms with Gasteiger partial charge in [0.1, 0.15) is 0 Å². The average molecular weight is 413 g/mol. The standard InChI is InChI=1S/C28H41FO/c1-3-5-7-9-23-14-19-28(27(29)20-23)30-21-24-12-17-26(18-13-24)25-15-10-22(11-16-25)8-6-4-2/h6,8,12,14,17,19-20,22,24-26H,3-5,7,9-11,13,15-16,18,21H2,1-2H3/b8-6+. The summed E-state index contributed by atoms with van der Waals surface area (Å²) < 4.78 is 20.2. The minimum absolute atomic E-state index is 0.212. The van der Waals surface area contributed by atoms with Crippen molar-refractivity contribution in [3.05, 3.63) is 53.9 Å². The summed E-state index contributed by atoms with van der Waals surface area (Å²) in [6.45, 7) is 4.99. The molecule has 2 aliphatic carbocycles. The van der Waals surface area contributed by atoms with Gasteiger partial charge in [-0.2, -0.15) is 0 Å². The molecule has 0 bridgehead atoms. The quantitative estimate of drug-likeness (QED) is 0.277. The van der Waals surface area contributed by atoms with Gasteiger partial charge in [0.05, 0.1) is 6.61 Å². The van der Waals surface area contributed by atoms with Crippen molar-refractivity contribution in [2.24, 2.45) is 23.7 Å². The molecule has 2 aliphatic rings. The Morgan fingerprint density at radius 3 is 2.50 bits per heavy atom. The predicted octanol–water partition coefficient (Wildman–Crippen LogP) is 8.29. The van der Waals surface area contributed by atoms with Crippen LogP contribution in [0.2, 0.25) is 0 Å². The molecule has 1 nitrogen and oxygen atoms in total. The largest absolute Gasteiger partial charge is 0.490 e. The van der Waals surface area contributed by atoms with Gasteiger partial charge in [-0.1, -0.05) is 57.1 Å². The Bertz CT molecular complexity index is 684. The lowest BCUT2D eigenvalue weighted by molar-refractivity contribution is 0.208. The summed E-state index contributed by atoms with van der Waals surface area (Å²) >= 11 is 0. The molecule has 1 aromatic rings. The summed E-state index contributed by atoms with van der Waals surface area (Å²) in [4.78, 5) is 0. The van der Waals surface area contributed by atoms with E-state index in [-0.39, 0.29) is 5.82 Å². The second-order valence-electron chi connectivity index (χ2n) is 9.43. The molecule has 0 heterocycles. The molecule has 1 saturated carbocycles. The second-order valence-corrected chi connectivity index (χ2v) is 9.43. The van der Waals surface area contributed by atoms with E-state index < -0.39 is 0 Å². The van der Waals surface area contributed by atoms with E-state index in [4.69, 9.17) is 4.74 Å². The van der Waals surface area contributed by atoms with Gasteiger partial charge in [-0.05, 0) is 93.2 Å². The van der Waals surface area contributed by atoms with Crippen LogP contribution in [0.3, 0.4) is 0 Å². The molecule has 2 heteroatoms. The minimum atomic E-state index is -0.212. The second kappa shape index (κ2) is 12.3. The number of aryl methyl sites for hydroxylation is 1. The van der Waals surface area contributed by atoms with Crippen LogP contribution < -0.4 is 4.74 Å². The molecule has 3 rings (SSSR count). The SMILES string of the molecule is CC/C=C/C1CCC(C2C=CC(COc3ccc(CCCCC)cc3F)CC2)CC1. The predicted molar refractivity (Wildman–Crippen MR) is 125 cm³/mol. The van der Waals surface area contributed by atoms with E-state index in [9.17, 15) is 4.39 Å². The van der Waals surface area contributed by atoms with Crippen LogP contribution in [-0.4, -0.2) is 6.61 Å². The van der Waals surface area contributed by atoms with Crippen LogP contribution in [-0.2, 0) is 6.42 Å². The van der Waals surface area contributed by atoms with Crippen LogP contribution in [0, 0.1) is 29.5 Å². The summed E-state index contributed by atoms with van der Waals surface area (Å²) in [5, 5.41) is 0. The van der Waals surface area contributed by atoms with Gasteiger partial charge >= 0.3 is 0 Å². The minimum Gasteiger partial charge on any atom is -0.490 e. The van der Waals surface area contributed by atoms with Crippen molar-refractivity contribution in [2.45, 2.75) is 84.5 Å². The average Bonchev–Trinajstić information content (AvgIpc) is 2.78. The number of unbranched alkanes of at least 4 members (excludes halogenated alkanes) is 2. The molecule has 0 aromatic heterocycles. The van der Waals surface area contributed by atoms with Gasteiger partial charge < -0.3 is 4.74 Å². The van der Waals surface area contributed by atoms with E-state index in [0.29, 0.717) is 18.3 Å². The highest BCUT2D eigenvalue weighted by Gasteiger charge is 2.27. The molecule has 166 valence electrons. The highest BCUT2D eigenvalue weighted by Crippen LogP contribution is 2.39. The van der Waals surface area contributed by atoms with Crippen molar-refractivity contribution < 1.29 is 9.13 Å². The molecule has 0 aliphatic heterocycles. The van der Waals surface area contributed by atoms with Gasteiger partial charge in [-0.25, -0.2) is 4.39 Å². The van der Waals surface area contributed by atoms with E-state index in [1.165, 1.54) is 44.9 Å². The Kier molecular flexibility index (Phi) is 9.49. The first-order chi connectivity index (χ1) is 14.7. The lowest BCUT2D eigenvalue weighted by Gasteiger charge is -2.34. The topological polar surface area (TPSA) is 9.23 Å². The summed E-state index contributed by atoms with van der Waals surface area (Å²) in [5.41, 5.74) is 1.08. The number of halogens is 1. The fraction of sp³-hybridized carbons (Fsp3) is 0.643. The Morgan fingerprint density at radius 2 is 1.83 bits per heavy atom. The van der Waals surface area contributed by atoms with Gasteiger partial charge in [0.15, 0.2) is 11.6 Å².